The fourth-order valence-corrected chi connectivity index (χ4v) is 1.71. The van der Waals surface area contributed by atoms with Gasteiger partial charge < -0.3 is 20.5 Å². The summed E-state index contributed by atoms with van der Waals surface area (Å²) in [6, 6.07) is 5.73. The first kappa shape index (κ1) is 11.4. The number of rotatable bonds is 4. The lowest BCUT2D eigenvalue weighted by atomic mass is 10.3. The molecule has 2 rings (SSSR count). The van der Waals surface area contributed by atoms with E-state index in [1.54, 1.807) is 0 Å². The van der Waals surface area contributed by atoms with Crippen LogP contribution in [0.1, 0.15) is 0 Å². The number of fused-ring (bicyclic) bond motifs is 1. The topological polar surface area (TPSA) is 81.2 Å². The molecule has 0 amide bonds. The van der Waals surface area contributed by atoms with Crippen LogP contribution in [-0.4, -0.2) is 39.4 Å². The Morgan fingerprint density at radius 1 is 1.50 bits per heavy atom. The smallest absolute Gasteiger partial charge is 0.201 e. The molecule has 5 nitrogen and oxygen atoms in total. The second kappa shape index (κ2) is 4.82. The molecular formula is C10H12BrN3O2. The van der Waals surface area contributed by atoms with Crippen molar-refractivity contribution < 1.29 is 10.2 Å². The maximum Gasteiger partial charge on any atom is 0.201 e. The van der Waals surface area contributed by atoms with Gasteiger partial charge in [-0.3, -0.25) is 0 Å². The van der Waals surface area contributed by atoms with Crippen molar-refractivity contribution in [1.82, 2.24) is 9.97 Å². The molecule has 0 saturated carbocycles. The fourth-order valence-electron chi connectivity index (χ4n) is 1.34. The van der Waals surface area contributed by atoms with E-state index >= 15 is 0 Å². The van der Waals surface area contributed by atoms with Crippen molar-refractivity contribution in [3.63, 3.8) is 0 Å². The predicted octanol–water partition coefficient (Wildman–Crippen LogP) is 1.09. The molecule has 0 fully saturated rings. The molecule has 0 aliphatic carbocycles. The molecule has 1 aromatic carbocycles. The van der Waals surface area contributed by atoms with E-state index in [1.807, 2.05) is 18.2 Å². The molecule has 0 radical (unpaired) electrons. The van der Waals surface area contributed by atoms with Crippen LogP contribution in [0.25, 0.3) is 11.0 Å². The van der Waals surface area contributed by atoms with Gasteiger partial charge in [0.15, 0.2) is 0 Å². The second-order valence-corrected chi connectivity index (χ2v) is 4.38. The first-order valence-corrected chi connectivity index (χ1v) is 5.66. The van der Waals surface area contributed by atoms with Crippen LogP contribution in [0.3, 0.4) is 0 Å². The van der Waals surface area contributed by atoms with Crippen LogP contribution in [0.15, 0.2) is 22.7 Å². The highest BCUT2D eigenvalue weighted by Gasteiger charge is 2.05. The molecule has 0 saturated heterocycles. The number of aliphatic hydroxyl groups excluding tert-OH is 2. The van der Waals surface area contributed by atoms with Gasteiger partial charge in [-0.15, -0.1) is 0 Å². The standard InChI is InChI=1S/C10H12BrN3O2/c11-6-1-2-8-9(3-6)14-10(13-8)12-4-7(16)5-15/h1-3,7,15-16H,4-5H2,(H2,12,13,14). The van der Waals surface area contributed by atoms with Crippen LogP contribution in [-0.2, 0) is 0 Å². The van der Waals surface area contributed by atoms with E-state index in [1.165, 1.54) is 0 Å². The van der Waals surface area contributed by atoms with Crippen molar-refractivity contribution in [3.8, 4) is 0 Å². The zero-order chi connectivity index (χ0) is 11.5. The number of aliphatic hydroxyl groups is 2. The average molecular weight is 286 g/mol. The minimum atomic E-state index is -0.778. The first-order valence-electron chi connectivity index (χ1n) is 4.87. The average Bonchev–Trinajstić information content (AvgIpc) is 2.67. The van der Waals surface area contributed by atoms with Crippen LogP contribution in [0, 0.1) is 0 Å². The summed E-state index contributed by atoms with van der Waals surface area (Å²) in [6.45, 7) is -0.00370. The van der Waals surface area contributed by atoms with E-state index in [2.05, 4.69) is 31.2 Å². The van der Waals surface area contributed by atoms with E-state index in [0.717, 1.165) is 15.5 Å². The third-order valence-electron chi connectivity index (χ3n) is 2.16. The molecule has 1 heterocycles. The van der Waals surface area contributed by atoms with Gasteiger partial charge in [-0.2, -0.15) is 0 Å². The Kier molecular flexibility index (Phi) is 3.42. The number of benzene rings is 1. The Balaban J connectivity index is 2.13. The van der Waals surface area contributed by atoms with Crippen LogP contribution in [0.4, 0.5) is 5.95 Å². The lowest BCUT2D eigenvalue weighted by Crippen LogP contribution is -2.23. The van der Waals surface area contributed by atoms with Crippen molar-refractivity contribution in [2.45, 2.75) is 6.10 Å². The number of hydrogen-bond donors (Lipinski definition) is 4. The van der Waals surface area contributed by atoms with E-state index in [0.29, 0.717) is 5.95 Å². The van der Waals surface area contributed by atoms with Gasteiger partial charge in [0.05, 0.1) is 23.7 Å². The van der Waals surface area contributed by atoms with Gasteiger partial charge in [0.1, 0.15) is 0 Å². The van der Waals surface area contributed by atoms with E-state index in [9.17, 15) is 5.11 Å². The molecule has 86 valence electrons. The van der Waals surface area contributed by atoms with Crippen molar-refractivity contribution in [1.29, 1.82) is 0 Å². The van der Waals surface area contributed by atoms with Gasteiger partial charge in [0, 0.05) is 11.0 Å². The third kappa shape index (κ3) is 2.52. The molecule has 0 aliphatic heterocycles. The zero-order valence-electron chi connectivity index (χ0n) is 8.44. The molecule has 16 heavy (non-hydrogen) atoms. The Morgan fingerprint density at radius 2 is 2.31 bits per heavy atom. The number of hydrogen-bond acceptors (Lipinski definition) is 4. The Labute approximate surface area is 101 Å². The van der Waals surface area contributed by atoms with E-state index in [-0.39, 0.29) is 13.2 Å². The molecule has 1 atom stereocenters. The summed E-state index contributed by atoms with van der Waals surface area (Å²) < 4.78 is 0.977. The summed E-state index contributed by atoms with van der Waals surface area (Å²) in [5.41, 5.74) is 1.76. The third-order valence-corrected chi connectivity index (χ3v) is 2.65. The van der Waals surface area contributed by atoms with Crippen LogP contribution < -0.4 is 5.32 Å². The lowest BCUT2D eigenvalue weighted by molar-refractivity contribution is 0.105. The zero-order valence-corrected chi connectivity index (χ0v) is 10.0. The monoisotopic (exact) mass is 285 g/mol. The normalized spacial score (nSPS) is 12.9. The summed E-state index contributed by atoms with van der Waals surface area (Å²) >= 11 is 3.37. The number of H-pyrrole nitrogens is 1. The number of halogens is 1. The van der Waals surface area contributed by atoms with Crippen molar-refractivity contribution >= 4 is 32.9 Å². The number of nitrogens with one attached hydrogen (secondary N) is 2. The summed E-state index contributed by atoms with van der Waals surface area (Å²) in [4.78, 5) is 7.35. The molecule has 1 aromatic heterocycles. The molecule has 6 heteroatoms. The largest absolute Gasteiger partial charge is 0.394 e. The maximum absolute atomic E-state index is 9.18. The van der Waals surface area contributed by atoms with E-state index in [4.69, 9.17) is 5.11 Å². The minimum Gasteiger partial charge on any atom is -0.394 e. The molecule has 0 spiro atoms. The second-order valence-electron chi connectivity index (χ2n) is 3.46. The summed E-state index contributed by atoms with van der Waals surface area (Å²) in [7, 11) is 0. The summed E-state index contributed by atoms with van der Waals surface area (Å²) in [5.74, 6) is 0.584. The molecular weight excluding hydrogens is 274 g/mol. The number of imidazole rings is 1. The molecule has 0 aliphatic rings. The van der Waals surface area contributed by atoms with Crippen molar-refractivity contribution in [3.05, 3.63) is 22.7 Å². The highest BCUT2D eigenvalue weighted by Crippen LogP contribution is 2.19. The predicted molar refractivity (Wildman–Crippen MR) is 65.4 cm³/mol. The summed E-state index contributed by atoms with van der Waals surface area (Å²) in [6.07, 6.45) is -0.778. The van der Waals surface area contributed by atoms with Crippen LogP contribution in [0.2, 0.25) is 0 Å². The summed E-state index contributed by atoms with van der Waals surface area (Å²) in [5, 5.41) is 20.8. The minimum absolute atomic E-state index is 0.261. The van der Waals surface area contributed by atoms with Gasteiger partial charge in [-0.05, 0) is 18.2 Å². The van der Waals surface area contributed by atoms with Gasteiger partial charge in [-0.1, -0.05) is 15.9 Å². The molecule has 0 bridgehead atoms. The Hall–Kier alpha value is -1.11. The lowest BCUT2D eigenvalue weighted by Gasteiger charge is -2.06. The molecule has 1 unspecified atom stereocenters. The molecule has 2 aromatic rings. The number of aromatic nitrogens is 2. The quantitative estimate of drug-likeness (QED) is 0.678. The first-order chi connectivity index (χ1) is 7.69. The van der Waals surface area contributed by atoms with Crippen LogP contribution >= 0.6 is 15.9 Å². The van der Waals surface area contributed by atoms with Crippen molar-refractivity contribution in [2.24, 2.45) is 0 Å². The number of nitrogens with zero attached hydrogens (tertiary/aromatic N) is 1. The van der Waals surface area contributed by atoms with Crippen LogP contribution in [0.5, 0.6) is 0 Å². The number of anilines is 1. The van der Waals surface area contributed by atoms with Gasteiger partial charge >= 0.3 is 0 Å². The van der Waals surface area contributed by atoms with Gasteiger partial charge in [0.25, 0.3) is 0 Å². The highest BCUT2D eigenvalue weighted by atomic mass is 79.9. The maximum atomic E-state index is 9.18. The Bertz CT molecular complexity index is 486. The van der Waals surface area contributed by atoms with Gasteiger partial charge in [0.2, 0.25) is 5.95 Å². The van der Waals surface area contributed by atoms with Gasteiger partial charge in [-0.25, -0.2) is 4.98 Å². The number of aromatic amines is 1. The fraction of sp³-hybridized carbons (Fsp3) is 0.300. The SMILES string of the molecule is OCC(O)CNc1nc2ccc(Br)cc2[nH]1. The van der Waals surface area contributed by atoms with E-state index < -0.39 is 6.10 Å². The highest BCUT2D eigenvalue weighted by molar-refractivity contribution is 9.10. The molecule has 4 N–H and O–H groups in total. The van der Waals surface area contributed by atoms with Crippen molar-refractivity contribution in [2.75, 3.05) is 18.5 Å². The Morgan fingerprint density at radius 3 is 3.06 bits per heavy atom.